The van der Waals surface area contributed by atoms with E-state index in [0.717, 1.165) is 0 Å². The molecule has 0 unspecified atom stereocenters. The Morgan fingerprint density at radius 2 is 2.39 bits per heavy atom. The van der Waals surface area contributed by atoms with E-state index in [1.807, 2.05) is 6.92 Å². The zero-order valence-corrected chi connectivity index (χ0v) is 10.2. The highest BCUT2D eigenvalue weighted by Gasteiger charge is 2.42. The molecule has 18 heavy (non-hydrogen) atoms. The number of hydrogen-bond acceptors (Lipinski definition) is 4. The number of aromatic nitrogens is 2. The summed E-state index contributed by atoms with van der Waals surface area (Å²) in [7, 11) is 1.71. The largest absolute Gasteiger partial charge is 0.479 e. The fraction of sp³-hybridized carbons (Fsp3) is 0.545. The van der Waals surface area contributed by atoms with E-state index in [0.29, 0.717) is 12.2 Å². The predicted octanol–water partition coefficient (Wildman–Crippen LogP) is -0.207. The molecule has 98 valence electrons. The van der Waals surface area contributed by atoms with Crippen molar-refractivity contribution in [2.75, 3.05) is 13.2 Å². The lowest BCUT2D eigenvalue weighted by atomic mass is 10.0. The van der Waals surface area contributed by atoms with Gasteiger partial charge in [0.05, 0.1) is 5.69 Å². The Bertz CT molecular complexity index is 469. The molecule has 0 aromatic carbocycles. The third-order valence-corrected chi connectivity index (χ3v) is 3.08. The third-order valence-electron chi connectivity index (χ3n) is 3.08. The molecular formula is C11H15N3O4. The molecule has 0 bridgehead atoms. The molecule has 1 aromatic rings. The maximum Gasteiger partial charge on any atom is 0.335 e. The van der Waals surface area contributed by atoms with Gasteiger partial charge in [-0.25, -0.2) is 4.79 Å². The molecule has 1 amide bonds. The van der Waals surface area contributed by atoms with Crippen molar-refractivity contribution < 1.29 is 19.4 Å². The van der Waals surface area contributed by atoms with Crippen LogP contribution in [0.2, 0.25) is 0 Å². The second-order valence-electron chi connectivity index (χ2n) is 4.07. The Kier molecular flexibility index (Phi) is 3.33. The minimum atomic E-state index is -1.08. The lowest BCUT2D eigenvalue weighted by molar-refractivity contribution is -0.173. The minimum absolute atomic E-state index is 0.195. The highest BCUT2D eigenvalue weighted by Crippen LogP contribution is 2.29. The molecule has 0 radical (unpaired) electrons. The second-order valence-corrected chi connectivity index (χ2v) is 4.07. The number of rotatable bonds is 3. The molecular weight excluding hydrogens is 238 g/mol. The average Bonchev–Trinajstić information content (AvgIpc) is 2.74. The molecule has 1 saturated heterocycles. The van der Waals surface area contributed by atoms with Crippen molar-refractivity contribution in [3.05, 3.63) is 18.0 Å². The van der Waals surface area contributed by atoms with Crippen LogP contribution >= 0.6 is 0 Å². The Morgan fingerprint density at radius 3 is 2.89 bits per heavy atom. The fourth-order valence-corrected chi connectivity index (χ4v) is 2.22. The molecule has 2 atom stereocenters. The van der Waals surface area contributed by atoms with Gasteiger partial charge in [0.1, 0.15) is 12.6 Å². The number of amides is 1. The van der Waals surface area contributed by atoms with Crippen molar-refractivity contribution in [1.29, 1.82) is 0 Å². The molecule has 1 fully saturated rings. The first kappa shape index (κ1) is 12.6. The molecule has 2 rings (SSSR count). The van der Waals surface area contributed by atoms with Crippen LogP contribution in [0.1, 0.15) is 18.7 Å². The smallest absolute Gasteiger partial charge is 0.335 e. The molecule has 1 aliphatic heterocycles. The van der Waals surface area contributed by atoms with Gasteiger partial charge in [-0.2, -0.15) is 5.10 Å². The molecule has 1 aliphatic rings. The lowest BCUT2D eigenvalue weighted by Gasteiger charge is -2.38. The molecule has 7 nitrogen and oxygen atoms in total. The SMILES string of the molecule is CCN1C(=O)CO[C@H](C(=O)O)[C@H]1c1ccnn1C. The maximum absolute atomic E-state index is 11.8. The van der Waals surface area contributed by atoms with E-state index in [2.05, 4.69) is 5.10 Å². The summed E-state index contributed by atoms with van der Waals surface area (Å²) in [6, 6.07) is 1.06. The number of hydrogen-bond donors (Lipinski definition) is 1. The Morgan fingerprint density at radius 1 is 1.67 bits per heavy atom. The van der Waals surface area contributed by atoms with Crippen LogP contribution in [0.3, 0.4) is 0 Å². The summed E-state index contributed by atoms with van der Waals surface area (Å²) in [6.07, 6.45) is 0.513. The minimum Gasteiger partial charge on any atom is -0.479 e. The first-order valence-corrected chi connectivity index (χ1v) is 5.68. The van der Waals surface area contributed by atoms with Crippen LogP contribution in [0, 0.1) is 0 Å². The first-order chi connectivity index (χ1) is 8.56. The topological polar surface area (TPSA) is 84.7 Å². The van der Waals surface area contributed by atoms with Gasteiger partial charge in [0.15, 0.2) is 6.10 Å². The van der Waals surface area contributed by atoms with E-state index < -0.39 is 18.1 Å². The molecule has 1 aromatic heterocycles. The van der Waals surface area contributed by atoms with Crippen molar-refractivity contribution in [2.45, 2.75) is 19.1 Å². The number of likely N-dealkylation sites (N-methyl/N-ethyl adjacent to an activating group) is 1. The number of carbonyl (C=O) groups is 2. The van der Waals surface area contributed by atoms with Crippen LogP contribution in [0.15, 0.2) is 12.3 Å². The monoisotopic (exact) mass is 253 g/mol. The van der Waals surface area contributed by atoms with Crippen LogP contribution < -0.4 is 0 Å². The van der Waals surface area contributed by atoms with E-state index in [-0.39, 0.29) is 12.5 Å². The number of aryl methyl sites for hydroxylation is 1. The van der Waals surface area contributed by atoms with Gasteiger partial charge in [0.25, 0.3) is 0 Å². The Balaban J connectivity index is 2.43. The zero-order chi connectivity index (χ0) is 13.3. The van der Waals surface area contributed by atoms with Gasteiger partial charge in [-0.3, -0.25) is 9.48 Å². The van der Waals surface area contributed by atoms with Gasteiger partial charge in [0, 0.05) is 19.8 Å². The normalized spacial score (nSPS) is 24.3. The van der Waals surface area contributed by atoms with Gasteiger partial charge in [-0.15, -0.1) is 0 Å². The van der Waals surface area contributed by atoms with E-state index in [1.54, 1.807) is 24.0 Å². The summed E-state index contributed by atoms with van der Waals surface area (Å²) in [5, 5.41) is 13.2. The maximum atomic E-state index is 11.8. The third kappa shape index (κ3) is 1.97. The number of morpholine rings is 1. The van der Waals surface area contributed by atoms with E-state index in [1.165, 1.54) is 4.90 Å². The summed E-state index contributed by atoms with van der Waals surface area (Å²) < 4.78 is 6.70. The van der Waals surface area contributed by atoms with Gasteiger partial charge < -0.3 is 14.7 Å². The highest BCUT2D eigenvalue weighted by atomic mass is 16.5. The van der Waals surface area contributed by atoms with Crippen molar-refractivity contribution in [1.82, 2.24) is 14.7 Å². The van der Waals surface area contributed by atoms with Crippen LogP contribution in [-0.4, -0.2) is 50.9 Å². The van der Waals surface area contributed by atoms with Gasteiger partial charge >= 0.3 is 5.97 Å². The molecule has 0 spiro atoms. The van der Waals surface area contributed by atoms with Gasteiger partial charge in [-0.1, -0.05) is 0 Å². The number of carboxylic acid groups (broad SMARTS) is 1. The summed E-state index contributed by atoms with van der Waals surface area (Å²) in [6.45, 7) is 2.05. The Labute approximate surface area is 104 Å². The second kappa shape index (κ2) is 4.77. The van der Waals surface area contributed by atoms with E-state index in [9.17, 15) is 14.7 Å². The van der Waals surface area contributed by atoms with Crippen molar-refractivity contribution in [3.63, 3.8) is 0 Å². The summed E-state index contributed by atoms with van der Waals surface area (Å²) >= 11 is 0. The molecule has 0 aliphatic carbocycles. The van der Waals surface area contributed by atoms with Crippen LogP contribution in [0.4, 0.5) is 0 Å². The number of aliphatic carboxylic acids is 1. The zero-order valence-electron chi connectivity index (χ0n) is 10.2. The molecule has 0 saturated carbocycles. The van der Waals surface area contributed by atoms with E-state index >= 15 is 0 Å². The summed E-state index contributed by atoms with van der Waals surface area (Å²) in [4.78, 5) is 24.5. The lowest BCUT2D eigenvalue weighted by Crippen LogP contribution is -2.52. The van der Waals surface area contributed by atoms with Crippen molar-refractivity contribution in [2.24, 2.45) is 7.05 Å². The van der Waals surface area contributed by atoms with Crippen LogP contribution in [0.5, 0.6) is 0 Å². The molecule has 2 heterocycles. The standard InChI is InChI=1S/C11H15N3O4/c1-3-14-8(15)6-18-10(11(16)17)9(14)7-4-5-12-13(7)2/h4-5,9-10H,3,6H2,1-2H3,(H,16,17)/t9-,10+/m1/s1. The Hall–Kier alpha value is -1.89. The fourth-order valence-electron chi connectivity index (χ4n) is 2.22. The number of nitrogens with zero attached hydrogens (tertiary/aromatic N) is 3. The summed E-state index contributed by atoms with van der Waals surface area (Å²) in [5.74, 6) is -1.28. The van der Waals surface area contributed by atoms with E-state index in [4.69, 9.17) is 4.74 Å². The van der Waals surface area contributed by atoms with Gasteiger partial charge in [-0.05, 0) is 13.0 Å². The van der Waals surface area contributed by atoms with Crippen LogP contribution in [0.25, 0.3) is 0 Å². The molecule has 1 N–H and O–H groups in total. The number of carboxylic acids is 1. The van der Waals surface area contributed by atoms with Crippen molar-refractivity contribution >= 4 is 11.9 Å². The highest BCUT2D eigenvalue weighted by molar-refractivity contribution is 5.82. The predicted molar refractivity (Wildman–Crippen MR) is 60.7 cm³/mol. The average molecular weight is 253 g/mol. The van der Waals surface area contributed by atoms with Crippen LogP contribution in [-0.2, 0) is 21.4 Å². The first-order valence-electron chi connectivity index (χ1n) is 5.68. The molecule has 7 heteroatoms. The van der Waals surface area contributed by atoms with Crippen molar-refractivity contribution in [3.8, 4) is 0 Å². The summed E-state index contributed by atoms with van der Waals surface area (Å²) in [5.41, 5.74) is 0.650. The number of ether oxygens (including phenoxy) is 1. The quantitative estimate of drug-likeness (QED) is 0.806. The number of carbonyl (C=O) groups excluding carboxylic acids is 1. The van der Waals surface area contributed by atoms with Gasteiger partial charge in [0.2, 0.25) is 5.91 Å².